The second-order valence-electron chi connectivity index (χ2n) is 2.54. The van der Waals surface area contributed by atoms with Crippen molar-refractivity contribution in [3.8, 4) is 0 Å². The van der Waals surface area contributed by atoms with Crippen LogP contribution in [-0.4, -0.2) is 9.55 Å². The van der Waals surface area contributed by atoms with E-state index >= 15 is 0 Å². The first-order valence-corrected chi connectivity index (χ1v) is 5.15. The molecule has 0 aliphatic carbocycles. The highest BCUT2D eigenvalue weighted by atomic mass is 32.1. The second-order valence-corrected chi connectivity index (χ2v) is 3.79. The minimum absolute atomic E-state index is 0.144. The fourth-order valence-electron chi connectivity index (χ4n) is 1.21. The first-order chi connectivity index (χ1) is 6.24. The third-order valence-corrected chi connectivity index (χ3v) is 3.00. The number of hydrogen-bond acceptors (Lipinski definition) is 3. The molecule has 2 heterocycles. The SMILES string of the molecule is CCn1c(=O)[nH]c(=S)[n+]2ccsc12. The Kier molecular flexibility index (Phi) is 2.01. The van der Waals surface area contributed by atoms with Crippen LogP contribution in [0.4, 0.5) is 0 Å². The van der Waals surface area contributed by atoms with Gasteiger partial charge in [-0.25, -0.2) is 4.79 Å². The Labute approximate surface area is 83.1 Å². The van der Waals surface area contributed by atoms with Gasteiger partial charge in [0, 0.05) is 5.38 Å². The minimum Gasteiger partial charge on any atom is -0.212 e. The molecule has 2 aromatic rings. The van der Waals surface area contributed by atoms with E-state index in [2.05, 4.69) is 4.98 Å². The predicted molar refractivity (Wildman–Crippen MR) is 52.6 cm³/mol. The lowest BCUT2D eigenvalue weighted by atomic mass is 10.7. The molecule has 13 heavy (non-hydrogen) atoms. The van der Waals surface area contributed by atoms with E-state index in [-0.39, 0.29) is 5.69 Å². The summed E-state index contributed by atoms with van der Waals surface area (Å²) < 4.78 is 3.90. The molecule has 0 aliphatic heterocycles. The lowest BCUT2D eigenvalue weighted by molar-refractivity contribution is -0.523. The van der Waals surface area contributed by atoms with Crippen molar-refractivity contribution in [2.24, 2.45) is 0 Å². The summed E-state index contributed by atoms with van der Waals surface area (Å²) in [6.07, 6.45) is 1.85. The Morgan fingerprint density at radius 1 is 1.77 bits per heavy atom. The van der Waals surface area contributed by atoms with E-state index in [9.17, 15) is 4.79 Å². The predicted octanol–water partition coefficient (Wildman–Crippen LogP) is 0.726. The van der Waals surface area contributed by atoms with Gasteiger partial charge in [-0.3, -0.25) is 0 Å². The van der Waals surface area contributed by atoms with E-state index in [1.54, 1.807) is 8.97 Å². The number of hydrogen-bond donors (Lipinski definition) is 1. The molecule has 0 aromatic carbocycles. The Balaban J connectivity index is 3.06. The summed E-state index contributed by atoms with van der Waals surface area (Å²) in [4.78, 5) is 14.9. The van der Waals surface area contributed by atoms with Gasteiger partial charge < -0.3 is 0 Å². The summed E-state index contributed by atoms with van der Waals surface area (Å²) in [5.41, 5.74) is -0.144. The Hall–Kier alpha value is -1.01. The number of rotatable bonds is 1. The number of fused-ring (bicyclic) bond motifs is 1. The second kappa shape index (κ2) is 3.04. The number of H-pyrrole nitrogens is 1. The molecule has 4 nitrogen and oxygen atoms in total. The van der Waals surface area contributed by atoms with E-state index in [4.69, 9.17) is 12.2 Å². The third-order valence-electron chi connectivity index (χ3n) is 1.81. The number of nitrogens with one attached hydrogen (secondary N) is 1. The molecular weight excluding hydrogens is 206 g/mol. The molecule has 1 N–H and O–H groups in total. The maximum Gasteiger partial charge on any atom is 0.444 e. The summed E-state index contributed by atoms with van der Waals surface area (Å²) in [6.45, 7) is 2.58. The van der Waals surface area contributed by atoms with E-state index in [1.807, 2.05) is 18.5 Å². The van der Waals surface area contributed by atoms with Crippen molar-refractivity contribution in [2.75, 3.05) is 0 Å². The fourth-order valence-corrected chi connectivity index (χ4v) is 2.41. The highest BCUT2D eigenvalue weighted by molar-refractivity contribution is 7.71. The summed E-state index contributed by atoms with van der Waals surface area (Å²) >= 11 is 6.51. The Bertz CT molecular complexity index is 551. The van der Waals surface area contributed by atoms with Crippen molar-refractivity contribution in [3.05, 3.63) is 26.8 Å². The van der Waals surface area contributed by atoms with Crippen LogP contribution in [0, 0.1) is 4.77 Å². The fraction of sp³-hybridized carbons (Fsp3) is 0.286. The first-order valence-electron chi connectivity index (χ1n) is 3.86. The lowest BCUT2D eigenvalue weighted by Crippen LogP contribution is -2.34. The van der Waals surface area contributed by atoms with E-state index in [1.165, 1.54) is 11.3 Å². The first kappa shape index (κ1) is 8.58. The molecule has 0 saturated heterocycles. The lowest BCUT2D eigenvalue weighted by Gasteiger charge is -1.94. The smallest absolute Gasteiger partial charge is 0.212 e. The zero-order valence-electron chi connectivity index (χ0n) is 6.98. The standard InChI is InChI=1S/C7H7N3OS2/c1-2-9-5(11)8-6(12)10-3-4-13-7(9)10/h3-4H,2H2,1H3/p+1. The van der Waals surface area contributed by atoms with Crippen LogP contribution in [0.15, 0.2) is 16.4 Å². The van der Waals surface area contributed by atoms with Gasteiger partial charge in [0.25, 0.3) is 4.96 Å². The molecule has 0 spiro atoms. The highest BCUT2D eigenvalue weighted by Crippen LogP contribution is 2.01. The molecule has 0 fully saturated rings. The third kappa shape index (κ3) is 1.22. The maximum absolute atomic E-state index is 11.4. The monoisotopic (exact) mass is 214 g/mol. The molecular formula is C7H8N3OS2+. The van der Waals surface area contributed by atoms with Crippen molar-refractivity contribution in [1.82, 2.24) is 9.55 Å². The highest BCUT2D eigenvalue weighted by Gasteiger charge is 2.10. The molecule has 0 saturated carbocycles. The van der Waals surface area contributed by atoms with Gasteiger partial charge in [0.05, 0.1) is 12.7 Å². The van der Waals surface area contributed by atoms with Gasteiger partial charge in [-0.15, -0.1) is 0 Å². The van der Waals surface area contributed by atoms with Crippen LogP contribution in [0.3, 0.4) is 0 Å². The van der Waals surface area contributed by atoms with Crippen molar-refractivity contribution >= 4 is 28.5 Å². The van der Waals surface area contributed by atoms with Crippen molar-refractivity contribution in [3.63, 3.8) is 0 Å². The summed E-state index contributed by atoms with van der Waals surface area (Å²) in [5, 5.41) is 1.91. The van der Waals surface area contributed by atoms with E-state index < -0.39 is 0 Å². The molecule has 68 valence electrons. The van der Waals surface area contributed by atoms with E-state index in [0.717, 1.165) is 4.96 Å². The van der Waals surface area contributed by atoms with Gasteiger partial charge in [-0.1, -0.05) is 11.3 Å². The number of thiazole rings is 1. The summed E-state index contributed by atoms with van der Waals surface area (Å²) in [7, 11) is 0. The molecule has 0 amide bonds. The van der Waals surface area contributed by atoms with Crippen LogP contribution in [0.25, 0.3) is 4.96 Å². The van der Waals surface area contributed by atoms with Crippen LogP contribution in [0.1, 0.15) is 6.92 Å². The van der Waals surface area contributed by atoms with Gasteiger partial charge in [-0.05, 0) is 19.1 Å². The van der Waals surface area contributed by atoms with Crippen molar-refractivity contribution in [2.45, 2.75) is 13.5 Å². The molecule has 0 bridgehead atoms. The number of aryl methyl sites for hydroxylation is 1. The van der Waals surface area contributed by atoms with Crippen LogP contribution in [-0.2, 0) is 6.54 Å². The maximum atomic E-state index is 11.4. The van der Waals surface area contributed by atoms with Crippen LogP contribution in [0.5, 0.6) is 0 Å². The zero-order chi connectivity index (χ0) is 9.42. The molecule has 0 unspecified atom stereocenters. The summed E-state index contributed by atoms with van der Waals surface area (Å²) in [5.74, 6) is 0. The molecule has 2 rings (SSSR count). The molecule has 6 heteroatoms. The normalized spacial score (nSPS) is 10.8. The average molecular weight is 214 g/mol. The zero-order valence-corrected chi connectivity index (χ0v) is 8.61. The van der Waals surface area contributed by atoms with Gasteiger partial charge in [0.1, 0.15) is 0 Å². The van der Waals surface area contributed by atoms with Crippen molar-refractivity contribution in [1.29, 1.82) is 0 Å². The quantitative estimate of drug-likeness (QED) is 0.561. The van der Waals surface area contributed by atoms with E-state index in [0.29, 0.717) is 11.3 Å². The van der Waals surface area contributed by atoms with Crippen LogP contribution < -0.4 is 10.1 Å². The van der Waals surface area contributed by atoms with Crippen LogP contribution in [0.2, 0.25) is 0 Å². The number of aromatic amines is 1. The van der Waals surface area contributed by atoms with Gasteiger partial charge >= 0.3 is 10.5 Å². The van der Waals surface area contributed by atoms with Crippen molar-refractivity contribution < 1.29 is 4.40 Å². The minimum atomic E-state index is -0.144. The Morgan fingerprint density at radius 2 is 2.54 bits per heavy atom. The average Bonchev–Trinajstić information content (AvgIpc) is 2.53. The van der Waals surface area contributed by atoms with Gasteiger partial charge in [0.15, 0.2) is 0 Å². The number of aromatic nitrogens is 3. The molecule has 0 aliphatic rings. The molecule has 2 aromatic heterocycles. The molecule has 0 atom stereocenters. The van der Waals surface area contributed by atoms with Crippen LogP contribution >= 0.6 is 23.6 Å². The number of nitrogens with zero attached hydrogens (tertiary/aromatic N) is 2. The van der Waals surface area contributed by atoms with Gasteiger partial charge in [-0.2, -0.15) is 14.0 Å². The van der Waals surface area contributed by atoms with Gasteiger partial charge in [0.2, 0.25) is 0 Å². The summed E-state index contributed by atoms with van der Waals surface area (Å²) in [6, 6.07) is 0. The largest absolute Gasteiger partial charge is 0.444 e. The molecule has 0 radical (unpaired) electrons. The Morgan fingerprint density at radius 3 is 3.23 bits per heavy atom. The topological polar surface area (TPSA) is 41.9 Å².